The van der Waals surface area contributed by atoms with Crippen molar-refractivity contribution in [1.29, 1.82) is 0 Å². The zero-order valence-electron chi connectivity index (χ0n) is 14.1. The van der Waals surface area contributed by atoms with Crippen LogP contribution in [-0.4, -0.2) is 33.7 Å². The topological polar surface area (TPSA) is 38.1 Å². The molecule has 23 heavy (non-hydrogen) atoms. The normalized spacial score (nSPS) is 14.4. The molecule has 4 heteroatoms. The van der Waals surface area contributed by atoms with Crippen molar-refractivity contribution < 1.29 is 4.79 Å². The molecule has 0 N–H and O–H groups in total. The number of hydrogen-bond donors (Lipinski definition) is 0. The van der Waals surface area contributed by atoms with Crippen LogP contribution in [0.2, 0.25) is 0 Å². The Morgan fingerprint density at radius 3 is 2.43 bits per heavy atom. The average molecular weight is 311 g/mol. The first kappa shape index (κ1) is 15.8. The van der Waals surface area contributed by atoms with E-state index in [1.807, 2.05) is 39.9 Å². The van der Waals surface area contributed by atoms with Gasteiger partial charge in [0.15, 0.2) is 0 Å². The lowest BCUT2D eigenvalue weighted by Gasteiger charge is -2.16. The summed E-state index contributed by atoms with van der Waals surface area (Å²) in [6.45, 7) is 6.00. The van der Waals surface area contributed by atoms with Crippen molar-refractivity contribution in [3.05, 3.63) is 47.3 Å². The number of rotatable bonds is 5. The van der Waals surface area contributed by atoms with Crippen LogP contribution in [0.3, 0.4) is 0 Å². The quantitative estimate of drug-likeness (QED) is 0.846. The molecule has 1 fully saturated rings. The fourth-order valence-electron chi connectivity index (χ4n) is 3.35. The molecule has 1 aliphatic rings. The molecule has 0 saturated carbocycles. The Hall–Kier alpha value is -2.10. The highest BCUT2D eigenvalue weighted by Crippen LogP contribution is 2.24. The molecule has 4 nitrogen and oxygen atoms in total. The van der Waals surface area contributed by atoms with Gasteiger partial charge in [-0.25, -0.2) is 4.68 Å². The first-order chi connectivity index (χ1) is 11.3. The van der Waals surface area contributed by atoms with E-state index in [0.717, 1.165) is 67.8 Å². The summed E-state index contributed by atoms with van der Waals surface area (Å²) in [5, 5.41) is 4.80. The van der Waals surface area contributed by atoms with Gasteiger partial charge in [-0.05, 0) is 37.8 Å². The van der Waals surface area contributed by atoms with E-state index in [4.69, 9.17) is 5.10 Å². The molecule has 2 aromatic rings. The van der Waals surface area contributed by atoms with Gasteiger partial charge in [0.25, 0.3) is 5.91 Å². The molecule has 0 aliphatic carbocycles. The van der Waals surface area contributed by atoms with Crippen molar-refractivity contribution in [2.45, 2.75) is 46.0 Å². The Balaban J connectivity index is 2.09. The standard InChI is InChI=1S/C19H25N3O/c1-3-10-16-18(19(23)21-13-8-9-14-21)17(4-2)22(20-16)15-11-6-5-7-12-15/h5-7,11-12H,3-4,8-10,13-14H2,1-2H3. The monoisotopic (exact) mass is 311 g/mol. The summed E-state index contributed by atoms with van der Waals surface area (Å²) in [6.07, 6.45) is 4.88. The number of carbonyl (C=O) groups is 1. The summed E-state index contributed by atoms with van der Waals surface area (Å²) >= 11 is 0. The maximum Gasteiger partial charge on any atom is 0.257 e. The first-order valence-electron chi connectivity index (χ1n) is 8.71. The summed E-state index contributed by atoms with van der Waals surface area (Å²) in [4.78, 5) is 15.0. The van der Waals surface area contributed by atoms with Crippen LogP contribution in [-0.2, 0) is 12.8 Å². The molecule has 0 unspecified atom stereocenters. The van der Waals surface area contributed by atoms with Crippen LogP contribution in [0.1, 0.15) is 54.9 Å². The van der Waals surface area contributed by atoms with Gasteiger partial charge in [0.05, 0.1) is 22.6 Å². The van der Waals surface area contributed by atoms with Gasteiger partial charge in [-0.2, -0.15) is 5.10 Å². The summed E-state index contributed by atoms with van der Waals surface area (Å²) in [5.41, 5.74) is 3.86. The van der Waals surface area contributed by atoms with Gasteiger partial charge in [-0.15, -0.1) is 0 Å². The van der Waals surface area contributed by atoms with E-state index in [9.17, 15) is 4.79 Å². The van der Waals surface area contributed by atoms with Gasteiger partial charge < -0.3 is 4.90 Å². The summed E-state index contributed by atoms with van der Waals surface area (Å²) < 4.78 is 1.97. The molecule has 1 aromatic carbocycles. The highest BCUT2D eigenvalue weighted by molar-refractivity contribution is 5.97. The van der Waals surface area contributed by atoms with Crippen LogP contribution in [0.15, 0.2) is 30.3 Å². The minimum atomic E-state index is 0.171. The van der Waals surface area contributed by atoms with Gasteiger partial charge in [0.1, 0.15) is 0 Å². The number of nitrogens with zero attached hydrogens (tertiary/aromatic N) is 3. The molecule has 1 saturated heterocycles. The lowest BCUT2D eigenvalue weighted by atomic mass is 10.1. The number of hydrogen-bond acceptors (Lipinski definition) is 2. The average Bonchev–Trinajstić information content (AvgIpc) is 3.23. The van der Waals surface area contributed by atoms with Crippen molar-refractivity contribution in [2.24, 2.45) is 0 Å². The van der Waals surface area contributed by atoms with E-state index in [1.165, 1.54) is 0 Å². The molecule has 0 bridgehead atoms. The fraction of sp³-hybridized carbons (Fsp3) is 0.474. The van der Waals surface area contributed by atoms with E-state index in [0.29, 0.717) is 0 Å². The third kappa shape index (κ3) is 3.03. The maximum absolute atomic E-state index is 13.0. The fourth-order valence-corrected chi connectivity index (χ4v) is 3.35. The predicted octanol–water partition coefficient (Wildman–Crippen LogP) is 3.62. The van der Waals surface area contributed by atoms with Crippen molar-refractivity contribution in [2.75, 3.05) is 13.1 Å². The second kappa shape index (κ2) is 6.99. The molecular formula is C19H25N3O. The Bertz CT molecular complexity index is 669. The summed E-state index contributed by atoms with van der Waals surface area (Å²) in [5.74, 6) is 0.171. The molecule has 3 rings (SSSR count). The molecule has 1 amide bonds. The lowest BCUT2D eigenvalue weighted by Crippen LogP contribution is -2.29. The number of amides is 1. The van der Waals surface area contributed by atoms with Crippen molar-refractivity contribution in [3.63, 3.8) is 0 Å². The molecular weight excluding hydrogens is 286 g/mol. The molecule has 0 atom stereocenters. The van der Waals surface area contributed by atoms with E-state index in [1.54, 1.807) is 0 Å². The van der Waals surface area contributed by atoms with Crippen LogP contribution in [0.4, 0.5) is 0 Å². The van der Waals surface area contributed by atoms with Crippen LogP contribution >= 0.6 is 0 Å². The SMILES string of the molecule is CCCc1nn(-c2ccccc2)c(CC)c1C(=O)N1CCCC1. The molecule has 0 radical (unpaired) electrons. The number of aryl methyl sites for hydroxylation is 1. The number of carbonyl (C=O) groups excluding carboxylic acids is 1. The maximum atomic E-state index is 13.0. The van der Waals surface area contributed by atoms with Crippen LogP contribution in [0.25, 0.3) is 5.69 Å². The summed E-state index contributed by atoms with van der Waals surface area (Å²) in [6, 6.07) is 10.1. The lowest BCUT2D eigenvalue weighted by molar-refractivity contribution is 0.0790. The van der Waals surface area contributed by atoms with Crippen LogP contribution < -0.4 is 0 Å². The second-order valence-electron chi connectivity index (χ2n) is 6.12. The summed E-state index contributed by atoms with van der Waals surface area (Å²) in [7, 11) is 0. The third-order valence-corrected chi connectivity index (χ3v) is 4.48. The zero-order chi connectivity index (χ0) is 16.2. The van der Waals surface area contributed by atoms with Crippen molar-refractivity contribution >= 4 is 5.91 Å². The number of aromatic nitrogens is 2. The highest BCUT2D eigenvalue weighted by atomic mass is 16.2. The van der Waals surface area contributed by atoms with E-state index in [-0.39, 0.29) is 5.91 Å². The minimum absolute atomic E-state index is 0.171. The van der Waals surface area contributed by atoms with Crippen LogP contribution in [0.5, 0.6) is 0 Å². The molecule has 1 aromatic heterocycles. The van der Waals surface area contributed by atoms with Crippen molar-refractivity contribution in [3.8, 4) is 5.69 Å². The van der Waals surface area contributed by atoms with Gasteiger partial charge in [-0.3, -0.25) is 4.79 Å². The Morgan fingerprint density at radius 2 is 1.83 bits per heavy atom. The first-order valence-corrected chi connectivity index (χ1v) is 8.71. The van der Waals surface area contributed by atoms with Crippen molar-refractivity contribution in [1.82, 2.24) is 14.7 Å². The zero-order valence-corrected chi connectivity index (χ0v) is 14.1. The number of likely N-dealkylation sites (tertiary alicyclic amines) is 1. The minimum Gasteiger partial charge on any atom is -0.339 e. The molecule has 1 aliphatic heterocycles. The Morgan fingerprint density at radius 1 is 1.13 bits per heavy atom. The smallest absolute Gasteiger partial charge is 0.257 e. The molecule has 2 heterocycles. The Kier molecular flexibility index (Phi) is 4.79. The van der Waals surface area contributed by atoms with E-state index >= 15 is 0 Å². The van der Waals surface area contributed by atoms with E-state index in [2.05, 4.69) is 13.8 Å². The molecule has 0 spiro atoms. The number of para-hydroxylation sites is 1. The van der Waals surface area contributed by atoms with Crippen LogP contribution in [0, 0.1) is 0 Å². The Labute approximate surface area is 138 Å². The highest BCUT2D eigenvalue weighted by Gasteiger charge is 2.28. The van der Waals surface area contributed by atoms with E-state index < -0.39 is 0 Å². The van der Waals surface area contributed by atoms with Gasteiger partial charge in [-0.1, -0.05) is 38.5 Å². The second-order valence-corrected chi connectivity index (χ2v) is 6.12. The largest absolute Gasteiger partial charge is 0.339 e. The van der Waals surface area contributed by atoms with Gasteiger partial charge in [0, 0.05) is 13.1 Å². The van der Waals surface area contributed by atoms with Gasteiger partial charge in [0.2, 0.25) is 0 Å². The predicted molar refractivity (Wildman–Crippen MR) is 92.1 cm³/mol. The molecule has 122 valence electrons. The third-order valence-electron chi connectivity index (χ3n) is 4.48. The van der Waals surface area contributed by atoms with Gasteiger partial charge >= 0.3 is 0 Å². The number of benzene rings is 1.